The number of ether oxygens (including phenoxy) is 1. The molecule has 0 bridgehead atoms. The number of nitrogens with zero attached hydrogens (tertiary/aromatic N) is 4. The van der Waals surface area contributed by atoms with Crippen LogP contribution in [0, 0.1) is 47.8 Å². The van der Waals surface area contributed by atoms with Gasteiger partial charge < -0.3 is 9.84 Å². The Kier molecular flexibility index (Phi) is 5.46. The minimum atomic E-state index is -0.571. The second kappa shape index (κ2) is 7.84. The predicted octanol–water partition coefficient (Wildman–Crippen LogP) is 4.02. The highest BCUT2D eigenvalue weighted by Gasteiger charge is 2.57. The molecular formula is C24H40N4O2. The molecule has 4 aliphatic rings. The van der Waals surface area contributed by atoms with Crippen molar-refractivity contribution in [2.75, 3.05) is 13.7 Å². The Morgan fingerprint density at radius 2 is 1.90 bits per heavy atom. The van der Waals surface area contributed by atoms with Crippen molar-refractivity contribution in [1.29, 1.82) is 0 Å². The molecule has 1 heterocycles. The maximum absolute atomic E-state index is 10.9. The molecule has 0 aromatic carbocycles. The smallest absolute Gasteiger partial charge is 0.171 e. The van der Waals surface area contributed by atoms with Gasteiger partial charge in [0, 0.05) is 7.11 Å². The van der Waals surface area contributed by atoms with Crippen molar-refractivity contribution in [1.82, 2.24) is 20.2 Å². The van der Waals surface area contributed by atoms with E-state index < -0.39 is 5.60 Å². The van der Waals surface area contributed by atoms with Crippen LogP contribution in [0.2, 0.25) is 0 Å². The first-order valence-electron chi connectivity index (χ1n) is 12.4. The van der Waals surface area contributed by atoms with Crippen LogP contribution in [0.25, 0.3) is 0 Å². The summed E-state index contributed by atoms with van der Waals surface area (Å²) in [7, 11) is 1.72. The van der Waals surface area contributed by atoms with Gasteiger partial charge in [-0.15, -0.1) is 10.2 Å². The summed E-state index contributed by atoms with van der Waals surface area (Å²) in [5, 5.41) is 23.6. The maximum Gasteiger partial charge on any atom is 0.171 e. The van der Waals surface area contributed by atoms with Crippen LogP contribution < -0.4 is 0 Å². The van der Waals surface area contributed by atoms with Gasteiger partial charge in [0.1, 0.15) is 0 Å². The fourth-order valence-electron chi connectivity index (χ4n) is 8.63. The zero-order valence-corrected chi connectivity index (χ0v) is 19.1. The van der Waals surface area contributed by atoms with Gasteiger partial charge in [-0.1, -0.05) is 6.92 Å². The molecule has 2 unspecified atom stereocenters. The summed E-state index contributed by atoms with van der Waals surface area (Å²) >= 11 is 0. The molecule has 5 rings (SSSR count). The van der Waals surface area contributed by atoms with E-state index in [-0.39, 0.29) is 0 Å². The van der Waals surface area contributed by atoms with Crippen molar-refractivity contribution in [3.05, 3.63) is 5.82 Å². The van der Waals surface area contributed by atoms with Crippen LogP contribution in [-0.2, 0) is 11.3 Å². The van der Waals surface area contributed by atoms with Crippen LogP contribution in [-0.4, -0.2) is 44.6 Å². The van der Waals surface area contributed by atoms with Gasteiger partial charge in [-0.25, -0.2) is 0 Å². The minimum Gasteiger partial charge on any atom is -0.387 e. The molecule has 0 spiro atoms. The van der Waals surface area contributed by atoms with Crippen LogP contribution in [0.15, 0.2) is 0 Å². The van der Waals surface area contributed by atoms with Crippen molar-refractivity contribution < 1.29 is 9.84 Å². The van der Waals surface area contributed by atoms with E-state index in [4.69, 9.17) is 4.74 Å². The highest BCUT2D eigenvalue weighted by molar-refractivity contribution is 5.07. The molecule has 30 heavy (non-hydrogen) atoms. The Balaban J connectivity index is 1.25. The lowest BCUT2D eigenvalue weighted by molar-refractivity contribution is -0.124. The molecule has 0 radical (unpaired) electrons. The molecule has 6 nitrogen and oxygen atoms in total. The third-order valence-corrected chi connectivity index (χ3v) is 9.94. The summed E-state index contributed by atoms with van der Waals surface area (Å²) in [6, 6.07) is 0. The molecule has 4 aliphatic carbocycles. The fraction of sp³-hybridized carbons (Fsp3) is 0.958. The summed E-state index contributed by atoms with van der Waals surface area (Å²) in [4.78, 5) is 1.80. The van der Waals surface area contributed by atoms with Gasteiger partial charge in [0.15, 0.2) is 5.82 Å². The van der Waals surface area contributed by atoms with Crippen molar-refractivity contribution in [3.8, 4) is 0 Å². The summed E-state index contributed by atoms with van der Waals surface area (Å²) in [5.74, 6) is 5.82. The Hall–Kier alpha value is -1.01. The summed E-state index contributed by atoms with van der Waals surface area (Å²) in [6.07, 6.45) is 12.6. The van der Waals surface area contributed by atoms with Crippen LogP contribution in [0.3, 0.4) is 0 Å². The Labute approximate surface area is 181 Å². The second-order valence-corrected chi connectivity index (χ2v) is 11.4. The molecule has 1 N–H and O–H groups in total. The Morgan fingerprint density at radius 1 is 1.07 bits per heavy atom. The van der Waals surface area contributed by atoms with Crippen molar-refractivity contribution in [2.24, 2.45) is 40.9 Å². The SMILES string of the molecule is COC[C@@]1(O)CC[C@H]2[C@@H](CCC3[C@@H]2CCC2(C)[C@@H](CCn4nnc(C)n4)CC[C@@H]32)C1. The molecule has 0 saturated heterocycles. The van der Waals surface area contributed by atoms with E-state index >= 15 is 0 Å². The molecule has 4 saturated carbocycles. The lowest BCUT2D eigenvalue weighted by Crippen LogP contribution is -2.51. The molecule has 4 fully saturated rings. The van der Waals surface area contributed by atoms with E-state index in [1.807, 2.05) is 6.92 Å². The highest BCUT2D eigenvalue weighted by atomic mass is 16.5. The van der Waals surface area contributed by atoms with Crippen LogP contribution in [0.5, 0.6) is 0 Å². The first-order chi connectivity index (χ1) is 14.4. The number of tetrazole rings is 1. The van der Waals surface area contributed by atoms with Crippen LogP contribution in [0.1, 0.15) is 77.0 Å². The van der Waals surface area contributed by atoms with Gasteiger partial charge in [0.05, 0.1) is 18.8 Å². The molecule has 1 aromatic rings. The molecular weight excluding hydrogens is 376 g/mol. The molecule has 168 valence electrons. The van der Waals surface area contributed by atoms with E-state index in [1.54, 1.807) is 11.9 Å². The number of methoxy groups -OCH3 is 1. The molecule has 0 amide bonds. The summed E-state index contributed by atoms with van der Waals surface area (Å²) in [6.45, 7) is 5.93. The third kappa shape index (κ3) is 3.52. The average molecular weight is 417 g/mol. The lowest BCUT2D eigenvalue weighted by Gasteiger charge is -2.57. The third-order valence-electron chi connectivity index (χ3n) is 9.94. The first-order valence-corrected chi connectivity index (χ1v) is 12.4. The second-order valence-electron chi connectivity index (χ2n) is 11.4. The number of fused-ring (bicyclic) bond motifs is 5. The largest absolute Gasteiger partial charge is 0.387 e. The highest BCUT2D eigenvalue weighted by Crippen LogP contribution is 2.65. The number of hydrogen-bond donors (Lipinski definition) is 1. The maximum atomic E-state index is 10.9. The number of aliphatic hydroxyl groups is 1. The quantitative estimate of drug-likeness (QED) is 0.785. The van der Waals surface area contributed by atoms with E-state index in [0.717, 1.165) is 54.8 Å². The standard InChI is InChI=1S/C24H40N4O2/c1-16-25-27-28(26-16)13-10-18-5-7-22-21-6-4-17-14-24(29,15-30-3)12-9-19(17)20(21)8-11-23(18,22)2/h17-22,29H,4-15H2,1-3H3/t17-,18+,19-,20+,21?,22-,23?,24+/m0/s1. The average Bonchev–Trinajstić information content (AvgIpc) is 3.28. The van der Waals surface area contributed by atoms with Crippen molar-refractivity contribution in [2.45, 2.75) is 90.2 Å². The summed E-state index contributed by atoms with van der Waals surface area (Å²) < 4.78 is 5.34. The van der Waals surface area contributed by atoms with E-state index in [2.05, 4.69) is 22.3 Å². The lowest BCUT2D eigenvalue weighted by atomic mass is 9.49. The Morgan fingerprint density at radius 3 is 2.67 bits per heavy atom. The normalized spacial score (nSPS) is 45.6. The van der Waals surface area contributed by atoms with E-state index in [0.29, 0.717) is 17.9 Å². The van der Waals surface area contributed by atoms with Crippen LogP contribution >= 0.6 is 0 Å². The van der Waals surface area contributed by atoms with Gasteiger partial charge in [-0.05, 0) is 117 Å². The monoisotopic (exact) mass is 416 g/mol. The topological polar surface area (TPSA) is 73.1 Å². The number of aryl methyl sites for hydroxylation is 2. The van der Waals surface area contributed by atoms with Crippen molar-refractivity contribution >= 4 is 0 Å². The zero-order valence-electron chi connectivity index (χ0n) is 19.1. The molecule has 0 aliphatic heterocycles. The van der Waals surface area contributed by atoms with E-state index in [9.17, 15) is 5.11 Å². The van der Waals surface area contributed by atoms with Gasteiger partial charge in [0.2, 0.25) is 0 Å². The zero-order chi connectivity index (χ0) is 20.9. The Bertz CT molecular complexity index is 753. The van der Waals surface area contributed by atoms with Gasteiger partial charge >= 0.3 is 0 Å². The predicted molar refractivity (Wildman–Crippen MR) is 115 cm³/mol. The molecule has 8 atom stereocenters. The van der Waals surface area contributed by atoms with Gasteiger partial charge in [-0.2, -0.15) is 4.80 Å². The summed E-state index contributed by atoms with van der Waals surface area (Å²) in [5.41, 5.74) is -0.0762. The van der Waals surface area contributed by atoms with E-state index in [1.165, 1.54) is 51.4 Å². The number of hydrogen-bond acceptors (Lipinski definition) is 5. The molecule has 1 aromatic heterocycles. The molecule has 6 heteroatoms. The van der Waals surface area contributed by atoms with Crippen molar-refractivity contribution in [3.63, 3.8) is 0 Å². The van der Waals surface area contributed by atoms with Crippen LogP contribution in [0.4, 0.5) is 0 Å². The minimum absolute atomic E-state index is 0.495. The van der Waals surface area contributed by atoms with Gasteiger partial charge in [0.25, 0.3) is 0 Å². The first kappa shape index (κ1) is 20.9. The fourth-order valence-corrected chi connectivity index (χ4v) is 8.63. The van der Waals surface area contributed by atoms with Gasteiger partial charge in [-0.3, -0.25) is 0 Å². The number of rotatable bonds is 5. The number of aromatic nitrogens is 4.